The molecular weight excluding hydrogens is 394 g/mol. The molecule has 4 rings (SSSR count). The number of hydrogen-bond acceptors (Lipinski definition) is 6. The Balaban J connectivity index is 1.61. The van der Waals surface area contributed by atoms with Gasteiger partial charge in [-0.05, 0) is 55.5 Å². The zero-order valence-electron chi connectivity index (χ0n) is 17.2. The standard InChI is InChI=1S/C24H21N3O4/c1-3-30-21-11-7-5-9-19(21)23(28)25-20-10-6-4-8-18(20)24-26-22(27-31-24)16-12-14-17(29-2)15-13-16/h4-15H,3H2,1-2H3,(H,25,28). The third-order valence-corrected chi connectivity index (χ3v) is 4.61. The average molecular weight is 415 g/mol. The highest BCUT2D eigenvalue weighted by Crippen LogP contribution is 2.30. The summed E-state index contributed by atoms with van der Waals surface area (Å²) in [4.78, 5) is 17.4. The number of carbonyl (C=O) groups is 1. The topological polar surface area (TPSA) is 86.5 Å². The minimum atomic E-state index is -0.286. The summed E-state index contributed by atoms with van der Waals surface area (Å²) >= 11 is 0. The summed E-state index contributed by atoms with van der Waals surface area (Å²) < 4.78 is 16.2. The first kappa shape index (κ1) is 20.2. The van der Waals surface area contributed by atoms with E-state index in [1.165, 1.54) is 0 Å². The second-order valence-electron chi connectivity index (χ2n) is 6.58. The first-order valence-electron chi connectivity index (χ1n) is 9.80. The monoisotopic (exact) mass is 415 g/mol. The fraction of sp³-hybridized carbons (Fsp3) is 0.125. The van der Waals surface area contributed by atoms with Crippen LogP contribution in [0.4, 0.5) is 5.69 Å². The highest BCUT2D eigenvalue weighted by Gasteiger charge is 2.18. The van der Waals surface area contributed by atoms with Gasteiger partial charge in [-0.25, -0.2) is 0 Å². The Morgan fingerprint density at radius 2 is 1.74 bits per heavy atom. The van der Waals surface area contributed by atoms with Crippen molar-refractivity contribution in [3.8, 4) is 34.3 Å². The number of nitrogens with one attached hydrogen (secondary N) is 1. The molecule has 0 unspecified atom stereocenters. The van der Waals surface area contributed by atoms with Crippen LogP contribution in [0, 0.1) is 0 Å². The van der Waals surface area contributed by atoms with E-state index >= 15 is 0 Å². The lowest BCUT2D eigenvalue weighted by Gasteiger charge is -2.12. The van der Waals surface area contributed by atoms with Crippen LogP contribution in [0.3, 0.4) is 0 Å². The van der Waals surface area contributed by atoms with Crippen LogP contribution in [0.25, 0.3) is 22.8 Å². The molecule has 0 atom stereocenters. The number of aromatic nitrogens is 2. The quantitative estimate of drug-likeness (QED) is 0.454. The molecule has 0 radical (unpaired) electrons. The van der Waals surface area contributed by atoms with Gasteiger partial charge in [-0.15, -0.1) is 0 Å². The van der Waals surface area contributed by atoms with Gasteiger partial charge in [-0.1, -0.05) is 29.4 Å². The fourth-order valence-electron chi connectivity index (χ4n) is 3.09. The molecule has 4 aromatic rings. The summed E-state index contributed by atoms with van der Waals surface area (Å²) in [6.07, 6.45) is 0. The SMILES string of the molecule is CCOc1ccccc1C(=O)Nc1ccccc1-c1nc(-c2ccc(OC)cc2)no1. The molecule has 0 saturated carbocycles. The molecule has 1 heterocycles. The van der Waals surface area contributed by atoms with Gasteiger partial charge in [-0.3, -0.25) is 4.79 Å². The molecule has 7 nitrogen and oxygen atoms in total. The van der Waals surface area contributed by atoms with Crippen LogP contribution in [-0.2, 0) is 0 Å². The van der Waals surface area contributed by atoms with Crippen molar-refractivity contribution in [1.82, 2.24) is 10.1 Å². The molecule has 0 aliphatic heterocycles. The van der Waals surface area contributed by atoms with Crippen molar-refractivity contribution >= 4 is 11.6 Å². The molecule has 156 valence electrons. The van der Waals surface area contributed by atoms with E-state index in [9.17, 15) is 4.79 Å². The second-order valence-corrected chi connectivity index (χ2v) is 6.58. The Bertz CT molecular complexity index is 1190. The van der Waals surface area contributed by atoms with Gasteiger partial charge in [0.25, 0.3) is 11.8 Å². The Kier molecular flexibility index (Phi) is 5.93. The van der Waals surface area contributed by atoms with Gasteiger partial charge in [0, 0.05) is 5.56 Å². The third-order valence-electron chi connectivity index (χ3n) is 4.61. The van der Waals surface area contributed by atoms with Crippen molar-refractivity contribution in [3.63, 3.8) is 0 Å². The maximum atomic E-state index is 12.9. The number of amides is 1. The Morgan fingerprint density at radius 3 is 2.52 bits per heavy atom. The van der Waals surface area contributed by atoms with Gasteiger partial charge in [-0.2, -0.15) is 4.98 Å². The van der Waals surface area contributed by atoms with Gasteiger partial charge >= 0.3 is 0 Å². The van der Waals surface area contributed by atoms with Gasteiger partial charge < -0.3 is 19.3 Å². The number of methoxy groups -OCH3 is 1. The van der Waals surface area contributed by atoms with E-state index in [2.05, 4.69) is 15.5 Å². The first-order valence-corrected chi connectivity index (χ1v) is 9.80. The highest BCUT2D eigenvalue weighted by molar-refractivity contribution is 6.07. The van der Waals surface area contributed by atoms with E-state index < -0.39 is 0 Å². The molecule has 31 heavy (non-hydrogen) atoms. The summed E-state index contributed by atoms with van der Waals surface area (Å²) in [7, 11) is 1.61. The highest BCUT2D eigenvalue weighted by atomic mass is 16.5. The smallest absolute Gasteiger partial charge is 0.260 e. The van der Waals surface area contributed by atoms with Crippen LogP contribution < -0.4 is 14.8 Å². The number of benzene rings is 3. The summed E-state index contributed by atoms with van der Waals surface area (Å²) in [5, 5.41) is 7.00. The predicted octanol–water partition coefficient (Wildman–Crippen LogP) is 5.06. The fourth-order valence-corrected chi connectivity index (χ4v) is 3.09. The maximum Gasteiger partial charge on any atom is 0.260 e. The molecule has 3 aromatic carbocycles. The van der Waals surface area contributed by atoms with Crippen molar-refractivity contribution in [3.05, 3.63) is 78.4 Å². The molecule has 0 bridgehead atoms. The van der Waals surface area contributed by atoms with E-state index in [0.29, 0.717) is 40.9 Å². The number of carbonyl (C=O) groups excluding carboxylic acids is 1. The Hall–Kier alpha value is -4.13. The number of ether oxygens (including phenoxy) is 2. The van der Waals surface area contributed by atoms with Gasteiger partial charge in [0.2, 0.25) is 5.82 Å². The van der Waals surface area contributed by atoms with Crippen LogP contribution in [-0.4, -0.2) is 29.8 Å². The largest absolute Gasteiger partial charge is 0.497 e. The van der Waals surface area contributed by atoms with Crippen molar-refractivity contribution in [2.24, 2.45) is 0 Å². The van der Waals surface area contributed by atoms with Crippen molar-refractivity contribution in [2.45, 2.75) is 6.92 Å². The van der Waals surface area contributed by atoms with Crippen molar-refractivity contribution in [1.29, 1.82) is 0 Å². The van der Waals surface area contributed by atoms with Crippen LogP contribution in [0.5, 0.6) is 11.5 Å². The van der Waals surface area contributed by atoms with Crippen molar-refractivity contribution < 1.29 is 18.8 Å². The van der Waals surface area contributed by atoms with E-state index in [-0.39, 0.29) is 5.91 Å². The van der Waals surface area contributed by atoms with Crippen LogP contribution in [0.2, 0.25) is 0 Å². The molecule has 1 amide bonds. The molecular formula is C24H21N3O4. The van der Waals surface area contributed by atoms with E-state index in [4.69, 9.17) is 14.0 Å². The van der Waals surface area contributed by atoms with E-state index in [1.807, 2.05) is 55.5 Å². The predicted molar refractivity (Wildman–Crippen MR) is 117 cm³/mol. The Morgan fingerprint density at radius 1 is 1.00 bits per heavy atom. The lowest BCUT2D eigenvalue weighted by atomic mass is 10.1. The number of rotatable bonds is 7. The van der Waals surface area contributed by atoms with Crippen LogP contribution in [0.1, 0.15) is 17.3 Å². The Labute approximate surface area is 179 Å². The molecule has 1 aromatic heterocycles. The normalized spacial score (nSPS) is 10.5. The maximum absolute atomic E-state index is 12.9. The van der Waals surface area contributed by atoms with Gasteiger partial charge in [0.1, 0.15) is 11.5 Å². The lowest BCUT2D eigenvalue weighted by Crippen LogP contribution is -2.14. The lowest BCUT2D eigenvalue weighted by molar-refractivity contribution is 0.102. The molecule has 0 aliphatic carbocycles. The first-order chi connectivity index (χ1) is 15.2. The molecule has 0 spiro atoms. The minimum absolute atomic E-state index is 0.286. The van der Waals surface area contributed by atoms with Crippen LogP contribution in [0.15, 0.2) is 77.3 Å². The summed E-state index contributed by atoms with van der Waals surface area (Å²) in [6, 6.07) is 21.7. The van der Waals surface area contributed by atoms with Gasteiger partial charge in [0.15, 0.2) is 0 Å². The molecule has 0 aliphatic rings. The van der Waals surface area contributed by atoms with E-state index in [0.717, 1.165) is 11.3 Å². The number of anilines is 1. The number of hydrogen-bond donors (Lipinski definition) is 1. The number of para-hydroxylation sites is 2. The average Bonchev–Trinajstić information content (AvgIpc) is 3.30. The molecule has 0 fully saturated rings. The van der Waals surface area contributed by atoms with E-state index in [1.54, 1.807) is 31.4 Å². The summed E-state index contributed by atoms with van der Waals surface area (Å²) in [5.41, 5.74) is 2.42. The summed E-state index contributed by atoms with van der Waals surface area (Å²) in [6.45, 7) is 2.34. The summed E-state index contributed by atoms with van der Waals surface area (Å²) in [5.74, 6) is 1.74. The molecule has 1 N–H and O–H groups in total. The van der Waals surface area contributed by atoms with Gasteiger partial charge in [0.05, 0.1) is 30.5 Å². The minimum Gasteiger partial charge on any atom is -0.497 e. The molecule has 7 heteroatoms. The third kappa shape index (κ3) is 4.40. The van der Waals surface area contributed by atoms with Crippen molar-refractivity contribution in [2.75, 3.05) is 19.0 Å². The zero-order valence-corrected chi connectivity index (χ0v) is 17.2. The zero-order chi connectivity index (χ0) is 21.6. The van der Waals surface area contributed by atoms with Crippen LogP contribution >= 0.6 is 0 Å². The molecule has 0 saturated heterocycles. The number of nitrogens with zero attached hydrogens (tertiary/aromatic N) is 2. The second kappa shape index (κ2) is 9.13.